The topological polar surface area (TPSA) is 46.5 Å². The summed E-state index contributed by atoms with van der Waals surface area (Å²) in [4.78, 5) is 11.6. The Balaban J connectivity index is 2.21. The minimum Gasteiger partial charge on any atom is -0.490 e. The predicted octanol–water partition coefficient (Wildman–Crippen LogP) is 4.99. The van der Waals surface area contributed by atoms with Crippen LogP contribution in [-0.2, 0) is 0 Å². The minimum absolute atomic E-state index is 0.0665. The molecule has 24 heavy (non-hydrogen) atoms. The fraction of sp³-hybridized carbons (Fsp3) is 0.316. The molecule has 1 N–H and O–H groups in total. The lowest BCUT2D eigenvalue weighted by Crippen LogP contribution is -2.11. The maximum Gasteiger partial charge on any atom is 0.339 e. The van der Waals surface area contributed by atoms with Crippen molar-refractivity contribution in [1.82, 2.24) is 0 Å². The Labute approximate surface area is 138 Å². The van der Waals surface area contributed by atoms with Crippen LogP contribution in [0.2, 0.25) is 0 Å². The van der Waals surface area contributed by atoms with Gasteiger partial charge in [-0.3, -0.25) is 0 Å². The van der Waals surface area contributed by atoms with Crippen LogP contribution in [0.15, 0.2) is 30.3 Å². The third kappa shape index (κ3) is 3.25. The van der Waals surface area contributed by atoms with Crippen molar-refractivity contribution < 1.29 is 23.4 Å². The first-order chi connectivity index (χ1) is 11.4. The van der Waals surface area contributed by atoms with E-state index in [2.05, 4.69) is 0 Å². The summed E-state index contributed by atoms with van der Waals surface area (Å²) in [5.41, 5.74) is 1.66. The van der Waals surface area contributed by atoms with Gasteiger partial charge in [-0.15, -0.1) is 0 Å². The molecule has 0 heterocycles. The molecule has 0 bridgehead atoms. The fourth-order valence-corrected chi connectivity index (χ4v) is 2.79. The molecular formula is C19H18F2O3. The molecule has 0 radical (unpaired) electrons. The van der Waals surface area contributed by atoms with Gasteiger partial charge in [0.05, 0.1) is 6.10 Å². The van der Waals surface area contributed by atoms with Crippen LogP contribution >= 0.6 is 0 Å². The molecule has 0 unspecified atom stereocenters. The van der Waals surface area contributed by atoms with Crippen molar-refractivity contribution in [2.24, 2.45) is 0 Å². The van der Waals surface area contributed by atoms with Crippen molar-refractivity contribution in [3.05, 3.63) is 53.1 Å². The number of rotatable bonds is 5. The molecule has 1 saturated carbocycles. The summed E-state index contributed by atoms with van der Waals surface area (Å²) < 4.78 is 33.1. The fourth-order valence-electron chi connectivity index (χ4n) is 2.79. The highest BCUT2D eigenvalue weighted by molar-refractivity contribution is 5.93. The maximum absolute atomic E-state index is 14.3. The van der Waals surface area contributed by atoms with E-state index in [4.69, 9.17) is 4.74 Å². The number of carboxylic acid groups (broad SMARTS) is 1. The van der Waals surface area contributed by atoms with Gasteiger partial charge in [-0.05, 0) is 68.0 Å². The molecule has 3 nitrogen and oxygen atoms in total. The molecule has 3 rings (SSSR count). The molecule has 0 saturated heterocycles. The van der Waals surface area contributed by atoms with Crippen LogP contribution in [0, 0.1) is 11.6 Å². The summed E-state index contributed by atoms with van der Waals surface area (Å²) >= 11 is 0. The van der Waals surface area contributed by atoms with Crippen LogP contribution in [0.5, 0.6) is 5.75 Å². The van der Waals surface area contributed by atoms with Gasteiger partial charge in [0.2, 0.25) is 0 Å². The Kier molecular flexibility index (Phi) is 4.26. The zero-order valence-corrected chi connectivity index (χ0v) is 13.5. The highest BCUT2D eigenvalue weighted by atomic mass is 19.1. The Morgan fingerprint density at radius 3 is 2.42 bits per heavy atom. The van der Waals surface area contributed by atoms with Gasteiger partial charge in [0.15, 0.2) is 0 Å². The third-order valence-corrected chi connectivity index (χ3v) is 3.98. The van der Waals surface area contributed by atoms with E-state index in [-0.39, 0.29) is 28.9 Å². The molecule has 1 aliphatic carbocycles. The summed E-state index contributed by atoms with van der Waals surface area (Å²) in [5.74, 6) is -2.00. The molecule has 0 atom stereocenters. The lowest BCUT2D eigenvalue weighted by molar-refractivity contribution is 0.0690. The Morgan fingerprint density at radius 2 is 1.88 bits per heavy atom. The van der Waals surface area contributed by atoms with Crippen molar-refractivity contribution in [1.29, 1.82) is 0 Å². The van der Waals surface area contributed by atoms with Gasteiger partial charge in [0.1, 0.15) is 22.9 Å². The smallest absolute Gasteiger partial charge is 0.339 e. The quantitative estimate of drug-likeness (QED) is 0.838. The minimum atomic E-state index is -1.08. The van der Waals surface area contributed by atoms with E-state index in [9.17, 15) is 18.7 Å². The van der Waals surface area contributed by atoms with E-state index >= 15 is 0 Å². The van der Waals surface area contributed by atoms with Crippen molar-refractivity contribution in [3.63, 3.8) is 0 Å². The number of hydrogen-bond donors (Lipinski definition) is 1. The lowest BCUT2D eigenvalue weighted by atomic mass is 9.93. The van der Waals surface area contributed by atoms with Crippen molar-refractivity contribution in [2.45, 2.75) is 38.7 Å². The second-order valence-corrected chi connectivity index (χ2v) is 6.31. The second-order valence-electron chi connectivity index (χ2n) is 6.31. The number of benzene rings is 2. The van der Waals surface area contributed by atoms with E-state index in [1.807, 2.05) is 0 Å². The molecule has 0 aromatic heterocycles. The Bertz CT molecular complexity index is 795. The van der Waals surface area contributed by atoms with E-state index in [0.29, 0.717) is 5.56 Å². The summed E-state index contributed by atoms with van der Waals surface area (Å²) in [5, 5.41) is 9.45. The van der Waals surface area contributed by atoms with Crippen molar-refractivity contribution in [3.8, 4) is 16.9 Å². The van der Waals surface area contributed by atoms with Gasteiger partial charge < -0.3 is 9.84 Å². The molecule has 1 aliphatic rings. The highest BCUT2D eigenvalue weighted by Crippen LogP contribution is 2.47. The van der Waals surface area contributed by atoms with Gasteiger partial charge >= 0.3 is 5.97 Å². The average Bonchev–Trinajstić information content (AvgIpc) is 3.30. The standard InChI is InChI=1S/C19H18F2O3/c1-10(2)24-18-9-15(13-6-5-12(20)7-17(13)21)14(11-3-4-11)8-16(18)19(22)23/h5-11H,3-4H2,1-2H3,(H,22,23). The highest BCUT2D eigenvalue weighted by Gasteiger charge is 2.30. The van der Waals surface area contributed by atoms with Gasteiger partial charge in [0, 0.05) is 11.6 Å². The van der Waals surface area contributed by atoms with E-state index in [1.165, 1.54) is 12.1 Å². The van der Waals surface area contributed by atoms with Gasteiger partial charge in [-0.25, -0.2) is 13.6 Å². The third-order valence-electron chi connectivity index (χ3n) is 3.98. The van der Waals surface area contributed by atoms with E-state index in [1.54, 1.807) is 26.0 Å². The largest absolute Gasteiger partial charge is 0.490 e. The van der Waals surface area contributed by atoms with E-state index in [0.717, 1.165) is 24.5 Å². The van der Waals surface area contributed by atoms with Crippen LogP contribution in [-0.4, -0.2) is 17.2 Å². The van der Waals surface area contributed by atoms with Crippen LogP contribution < -0.4 is 4.74 Å². The van der Waals surface area contributed by atoms with Crippen molar-refractivity contribution in [2.75, 3.05) is 0 Å². The van der Waals surface area contributed by atoms with Crippen LogP contribution in [0.3, 0.4) is 0 Å². The molecule has 5 heteroatoms. The first-order valence-corrected chi connectivity index (χ1v) is 7.90. The van der Waals surface area contributed by atoms with Crippen molar-refractivity contribution >= 4 is 5.97 Å². The second kappa shape index (κ2) is 6.23. The summed E-state index contributed by atoms with van der Waals surface area (Å²) in [6, 6.07) is 6.54. The zero-order valence-electron chi connectivity index (χ0n) is 13.5. The summed E-state index contributed by atoms with van der Waals surface area (Å²) in [6.45, 7) is 3.58. The number of carbonyl (C=O) groups is 1. The summed E-state index contributed by atoms with van der Waals surface area (Å²) in [6.07, 6.45) is 1.64. The normalized spacial score (nSPS) is 14.0. The van der Waals surface area contributed by atoms with Gasteiger partial charge in [-0.2, -0.15) is 0 Å². The molecular weight excluding hydrogens is 314 g/mol. The first kappa shape index (κ1) is 16.4. The first-order valence-electron chi connectivity index (χ1n) is 7.90. The Hall–Kier alpha value is -2.43. The average molecular weight is 332 g/mol. The number of aromatic carboxylic acids is 1. The monoisotopic (exact) mass is 332 g/mol. The molecule has 2 aromatic carbocycles. The predicted molar refractivity (Wildman–Crippen MR) is 86.5 cm³/mol. The molecule has 0 amide bonds. The summed E-state index contributed by atoms with van der Waals surface area (Å²) in [7, 11) is 0. The number of halogens is 2. The zero-order chi connectivity index (χ0) is 17.4. The molecule has 0 spiro atoms. The van der Waals surface area contributed by atoms with E-state index < -0.39 is 17.6 Å². The molecule has 1 fully saturated rings. The van der Waals surface area contributed by atoms with Crippen LogP contribution in [0.25, 0.3) is 11.1 Å². The molecule has 126 valence electrons. The maximum atomic E-state index is 14.3. The van der Waals surface area contributed by atoms with Gasteiger partial charge in [-0.1, -0.05) is 0 Å². The molecule has 2 aromatic rings. The Morgan fingerprint density at radius 1 is 1.17 bits per heavy atom. The lowest BCUT2D eigenvalue weighted by Gasteiger charge is -2.17. The number of carboxylic acids is 1. The SMILES string of the molecule is CC(C)Oc1cc(-c2ccc(F)cc2F)c(C2CC2)cc1C(=O)O. The van der Waals surface area contributed by atoms with Gasteiger partial charge in [0.25, 0.3) is 0 Å². The molecule has 0 aliphatic heterocycles. The van der Waals surface area contributed by atoms with Crippen LogP contribution in [0.4, 0.5) is 8.78 Å². The number of hydrogen-bond acceptors (Lipinski definition) is 2. The number of ether oxygens (including phenoxy) is 1. The van der Waals surface area contributed by atoms with Crippen LogP contribution in [0.1, 0.15) is 48.5 Å².